The van der Waals surface area contributed by atoms with Crippen molar-refractivity contribution < 1.29 is 0 Å². The van der Waals surface area contributed by atoms with Crippen molar-refractivity contribution in [2.45, 2.75) is 39.0 Å². The van der Waals surface area contributed by atoms with Gasteiger partial charge in [0.2, 0.25) is 0 Å². The third kappa shape index (κ3) is 1.07. The molecule has 0 bridgehead atoms. The summed E-state index contributed by atoms with van der Waals surface area (Å²) in [6.45, 7) is 2.36. The van der Waals surface area contributed by atoms with Gasteiger partial charge in [0.25, 0.3) is 0 Å². The van der Waals surface area contributed by atoms with Crippen molar-refractivity contribution >= 4 is 15.9 Å². The maximum atomic E-state index is 3.62. The highest BCUT2D eigenvalue weighted by Gasteiger charge is 2.58. The first-order chi connectivity index (χ1) is 5.33. The first-order valence-corrected chi connectivity index (χ1v) is 6.01. The number of hydrogen-bond acceptors (Lipinski definition) is 0. The topological polar surface area (TPSA) is 0 Å². The second-order valence-corrected chi connectivity index (χ2v) is 4.93. The van der Waals surface area contributed by atoms with Gasteiger partial charge < -0.3 is 0 Å². The zero-order chi connectivity index (χ0) is 7.90. The Morgan fingerprint density at radius 3 is 2.82 bits per heavy atom. The van der Waals surface area contributed by atoms with Crippen LogP contribution >= 0.6 is 15.9 Å². The number of rotatable bonds is 2. The van der Waals surface area contributed by atoms with Crippen LogP contribution in [0.25, 0.3) is 0 Å². The van der Waals surface area contributed by atoms with Gasteiger partial charge >= 0.3 is 0 Å². The second kappa shape index (κ2) is 2.76. The van der Waals surface area contributed by atoms with Crippen molar-refractivity contribution in [2.75, 3.05) is 5.33 Å². The van der Waals surface area contributed by atoms with E-state index in [-0.39, 0.29) is 0 Å². The van der Waals surface area contributed by atoms with Crippen LogP contribution in [0.4, 0.5) is 0 Å². The number of alkyl halides is 1. The number of halogens is 1. The van der Waals surface area contributed by atoms with Crippen molar-refractivity contribution in [3.63, 3.8) is 0 Å². The van der Waals surface area contributed by atoms with Gasteiger partial charge in [0.05, 0.1) is 0 Å². The fourth-order valence-electron chi connectivity index (χ4n) is 3.19. The molecule has 0 saturated heterocycles. The highest BCUT2D eigenvalue weighted by atomic mass is 79.9. The van der Waals surface area contributed by atoms with E-state index in [1.165, 1.54) is 37.4 Å². The minimum absolute atomic E-state index is 0.832. The molecule has 0 N–H and O–H groups in total. The third-order valence-corrected chi connectivity index (χ3v) is 4.75. The molecule has 0 heterocycles. The van der Waals surface area contributed by atoms with E-state index in [9.17, 15) is 0 Å². The molecule has 0 nitrogen and oxygen atoms in total. The normalized spacial score (nSPS) is 48.5. The summed E-state index contributed by atoms with van der Waals surface area (Å²) in [7, 11) is 0. The summed E-state index contributed by atoms with van der Waals surface area (Å²) in [6, 6.07) is 0. The van der Waals surface area contributed by atoms with Crippen molar-refractivity contribution in [1.82, 2.24) is 0 Å². The molecule has 1 heteroatoms. The molecule has 0 amide bonds. The van der Waals surface area contributed by atoms with Gasteiger partial charge in [-0.1, -0.05) is 35.7 Å². The Labute approximate surface area is 77.9 Å². The molecule has 2 fully saturated rings. The predicted octanol–water partition coefficient (Wildman–Crippen LogP) is 3.60. The molecule has 11 heavy (non-hydrogen) atoms. The largest absolute Gasteiger partial charge is 0.0925 e. The molecule has 0 radical (unpaired) electrons. The third-order valence-electron chi connectivity index (χ3n) is 3.97. The molecule has 2 rings (SSSR count). The first kappa shape index (κ1) is 8.10. The smallest absolute Gasteiger partial charge is 0.00652 e. The van der Waals surface area contributed by atoms with Crippen LogP contribution in [-0.4, -0.2) is 5.33 Å². The Morgan fingerprint density at radius 1 is 1.45 bits per heavy atom. The summed E-state index contributed by atoms with van der Waals surface area (Å²) in [5.74, 6) is 2.11. The lowest BCUT2D eigenvalue weighted by molar-refractivity contribution is 0.330. The molecule has 3 unspecified atom stereocenters. The Kier molecular flexibility index (Phi) is 2.03. The van der Waals surface area contributed by atoms with Gasteiger partial charge in [-0.3, -0.25) is 0 Å². The van der Waals surface area contributed by atoms with Crippen molar-refractivity contribution in [3.05, 3.63) is 0 Å². The molecule has 1 spiro atoms. The summed E-state index contributed by atoms with van der Waals surface area (Å²) in [5, 5.41) is 1.25. The summed E-state index contributed by atoms with van der Waals surface area (Å²) < 4.78 is 0. The van der Waals surface area contributed by atoms with Gasteiger partial charge in [-0.25, -0.2) is 0 Å². The molecule has 0 aromatic heterocycles. The van der Waals surface area contributed by atoms with E-state index in [1.807, 2.05) is 0 Å². The average Bonchev–Trinajstić information content (AvgIpc) is 2.55. The van der Waals surface area contributed by atoms with E-state index in [0.717, 1.165) is 17.3 Å². The minimum Gasteiger partial charge on any atom is -0.0925 e. The predicted molar refractivity (Wildman–Crippen MR) is 52.0 cm³/mol. The maximum absolute atomic E-state index is 3.62. The molecule has 64 valence electrons. The van der Waals surface area contributed by atoms with Crippen LogP contribution in [0.3, 0.4) is 0 Å². The molecule has 3 atom stereocenters. The molecular formula is C10H17Br. The van der Waals surface area contributed by atoms with E-state index in [2.05, 4.69) is 22.9 Å². The van der Waals surface area contributed by atoms with Crippen LogP contribution in [0.2, 0.25) is 0 Å². The molecule has 2 aliphatic carbocycles. The molecule has 2 aliphatic rings. The molecule has 0 aliphatic heterocycles. The maximum Gasteiger partial charge on any atom is 0.00652 e. The molecular weight excluding hydrogens is 200 g/mol. The van der Waals surface area contributed by atoms with Crippen LogP contribution in [0.5, 0.6) is 0 Å². The van der Waals surface area contributed by atoms with Crippen LogP contribution in [0, 0.1) is 17.3 Å². The van der Waals surface area contributed by atoms with E-state index in [0.29, 0.717) is 0 Å². The lowest BCUT2D eigenvalue weighted by Gasteiger charge is -2.17. The zero-order valence-corrected chi connectivity index (χ0v) is 8.86. The lowest BCUT2D eigenvalue weighted by atomic mass is 9.88. The van der Waals surface area contributed by atoms with Crippen LogP contribution in [0.15, 0.2) is 0 Å². The van der Waals surface area contributed by atoms with Gasteiger partial charge in [0.15, 0.2) is 0 Å². The van der Waals surface area contributed by atoms with E-state index >= 15 is 0 Å². The minimum atomic E-state index is 0.832. The summed E-state index contributed by atoms with van der Waals surface area (Å²) in [5.41, 5.74) is 0.832. The summed E-state index contributed by atoms with van der Waals surface area (Å²) in [6.07, 6.45) is 7.49. The number of hydrogen-bond donors (Lipinski definition) is 0. The standard InChI is InChI=1S/C10H17Br/c1-2-8-4-3-5-10(8)6-9(10)7-11/h8-9H,2-7H2,1H3. The van der Waals surface area contributed by atoms with Crippen molar-refractivity contribution in [1.29, 1.82) is 0 Å². The van der Waals surface area contributed by atoms with Gasteiger partial charge in [-0.2, -0.15) is 0 Å². The molecule has 0 aromatic rings. The molecule has 2 saturated carbocycles. The fourth-order valence-corrected chi connectivity index (χ4v) is 4.07. The average molecular weight is 217 g/mol. The van der Waals surface area contributed by atoms with Gasteiger partial charge in [-0.15, -0.1) is 0 Å². The van der Waals surface area contributed by atoms with Crippen LogP contribution < -0.4 is 0 Å². The van der Waals surface area contributed by atoms with Crippen LogP contribution in [-0.2, 0) is 0 Å². The quantitative estimate of drug-likeness (QED) is 0.620. The first-order valence-electron chi connectivity index (χ1n) is 4.89. The monoisotopic (exact) mass is 216 g/mol. The summed E-state index contributed by atoms with van der Waals surface area (Å²) in [4.78, 5) is 0. The van der Waals surface area contributed by atoms with Crippen LogP contribution in [0.1, 0.15) is 39.0 Å². The van der Waals surface area contributed by atoms with Crippen molar-refractivity contribution in [2.24, 2.45) is 17.3 Å². The Balaban J connectivity index is 2.03. The lowest BCUT2D eigenvalue weighted by Crippen LogP contribution is -2.10. The van der Waals surface area contributed by atoms with E-state index < -0.39 is 0 Å². The Morgan fingerprint density at radius 2 is 2.27 bits per heavy atom. The highest BCUT2D eigenvalue weighted by molar-refractivity contribution is 9.09. The Bertz CT molecular complexity index is 155. The van der Waals surface area contributed by atoms with E-state index in [1.54, 1.807) is 0 Å². The second-order valence-electron chi connectivity index (χ2n) is 4.29. The fraction of sp³-hybridized carbons (Fsp3) is 1.00. The SMILES string of the molecule is CCC1CCCC12CC2CBr. The molecule has 0 aromatic carbocycles. The van der Waals surface area contributed by atoms with Crippen molar-refractivity contribution in [3.8, 4) is 0 Å². The zero-order valence-electron chi connectivity index (χ0n) is 7.28. The van der Waals surface area contributed by atoms with Gasteiger partial charge in [0, 0.05) is 5.33 Å². The van der Waals surface area contributed by atoms with Gasteiger partial charge in [0.1, 0.15) is 0 Å². The van der Waals surface area contributed by atoms with Gasteiger partial charge in [-0.05, 0) is 36.5 Å². The van der Waals surface area contributed by atoms with E-state index in [4.69, 9.17) is 0 Å². The summed E-state index contributed by atoms with van der Waals surface area (Å²) >= 11 is 3.62. The highest BCUT2D eigenvalue weighted by Crippen LogP contribution is 2.66. The Hall–Kier alpha value is 0.480.